The van der Waals surface area contributed by atoms with Gasteiger partial charge in [-0.05, 0) is 24.6 Å². The Bertz CT molecular complexity index is 557. The molecule has 0 radical (unpaired) electrons. The van der Waals surface area contributed by atoms with Crippen LogP contribution in [0.2, 0.25) is 0 Å². The average Bonchev–Trinajstić information content (AvgIpc) is 2.53. The SMILES string of the molecule is COc1cc(N(CCC(F)(F)F)CCC(F)(F)F)c(OC)cc1CCN. The van der Waals surface area contributed by atoms with Gasteiger partial charge in [0.15, 0.2) is 0 Å². The molecule has 4 nitrogen and oxygen atoms in total. The molecule has 1 rings (SSSR count). The van der Waals surface area contributed by atoms with Crippen molar-refractivity contribution in [3.8, 4) is 11.5 Å². The Morgan fingerprint density at radius 3 is 1.77 bits per heavy atom. The molecule has 2 N–H and O–H groups in total. The van der Waals surface area contributed by atoms with Gasteiger partial charge in [0, 0.05) is 19.2 Å². The van der Waals surface area contributed by atoms with Crippen LogP contribution in [0.15, 0.2) is 12.1 Å². The fourth-order valence-corrected chi connectivity index (χ4v) is 2.42. The van der Waals surface area contributed by atoms with Crippen LogP contribution in [0.5, 0.6) is 11.5 Å². The van der Waals surface area contributed by atoms with E-state index in [2.05, 4.69) is 0 Å². The van der Waals surface area contributed by atoms with Crippen molar-refractivity contribution < 1.29 is 35.8 Å². The molecular weight excluding hydrogens is 366 g/mol. The van der Waals surface area contributed by atoms with Crippen LogP contribution in [0.25, 0.3) is 0 Å². The number of anilines is 1. The van der Waals surface area contributed by atoms with Crippen LogP contribution in [0.1, 0.15) is 18.4 Å². The van der Waals surface area contributed by atoms with Gasteiger partial charge in [-0.3, -0.25) is 0 Å². The Hall–Kier alpha value is -1.84. The fourth-order valence-electron chi connectivity index (χ4n) is 2.42. The Kier molecular flexibility index (Phi) is 7.86. The zero-order chi connectivity index (χ0) is 20.0. The van der Waals surface area contributed by atoms with Crippen LogP contribution in [0.3, 0.4) is 0 Å². The monoisotopic (exact) mass is 388 g/mol. The van der Waals surface area contributed by atoms with Crippen LogP contribution in [0, 0.1) is 0 Å². The van der Waals surface area contributed by atoms with E-state index in [1.54, 1.807) is 0 Å². The highest BCUT2D eigenvalue weighted by molar-refractivity contribution is 5.64. The Morgan fingerprint density at radius 1 is 0.885 bits per heavy atom. The minimum Gasteiger partial charge on any atom is -0.496 e. The molecule has 10 heteroatoms. The van der Waals surface area contributed by atoms with Crippen LogP contribution in [-0.4, -0.2) is 46.2 Å². The number of hydrogen-bond acceptors (Lipinski definition) is 4. The summed E-state index contributed by atoms with van der Waals surface area (Å²) >= 11 is 0. The summed E-state index contributed by atoms with van der Waals surface area (Å²) in [5.41, 5.74) is 6.27. The smallest absolute Gasteiger partial charge is 0.390 e. The molecule has 0 unspecified atom stereocenters. The molecule has 1 aromatic rings. The van der Waals surface area contributed by atoms with Crippen molar-refractivity contribution in [3.05, 3.63) is 17.7 Å². The molecular formula is C16H22F6N2O2. The summed E-state index contributed by atoms with van der Waals surface area (Å²) in [6.45, 7) is -0.963. The van der Waals surface area contributed by atoms with Gasteiger partial charge in [0.05, 0.1) is 32.7 Å². The molecule has 0 spiro atoms. The molecule has 0 aromatic heterocycles. The summed E-state index contributed by atoms with van der Waals surface area (Å²) in [4.78, 5) is 1.01. The quantitative estimate of drug-likeness (QED) is 0.652. The highest BCUT2D eigenvalue weighted by Crippen LogP contribution is 2.37. The van der Waals surface area contributed by atoms with E-state index in [-0.39, 0.29) is 11.4 Å². The van der Waals surface area contributed by atoms with E-state index in [4.69, 9.17) is 15.2 Å². The standard InChI is InChI=1S/C16H22F6N2O2/c1-25-13-10-12(14(26-2)9-11(13)3-6-23)24(7-4-15(17,18)19)8-5-16(20,21)22/h9-10H,3-8,23H2,1-2H3. The molecule has 0 aliphatic rings. The number of hydrogen-bond donors (Lipinski definition) is 1. The molecule has 0 heterocycles. The lowest BCUT2D eigenvalue weighted by atomic mass is 10.1. The van der Waals surface area contributed by atoms with Gasteiger partial charge in [-0.25, -0.2) is 0 Å². The predicted molar refractivity (Wildman–Crippen MR) is 85.9 cm³/mol. The summed E-state index contributed by atoms with van der Waals surface area (Å²) in [5.74, 6) is 0.494. The molecule has 0 aliphatic heterocycles. The number of nitrogens with two attached hydrogens (primary N) is 1. The first-order chi connectivity index (χ1) is 12.0. The van der Waals surface area contributed by atoms with E-state index in [1.807, 2.05) is 0 Å². The van der Waals surface area contributed by atoms with E-state index in [9.17, 15) is 26.3 Å². The molecule has 0 saturated heterocycles. The van der Waals surface area contributed by atoms with Crippen molar-refractivity contribution in [2.24, 2.45) is 5.73 Å². The van der Waals surface area contributed by atoms with Gasteiger partial charge in [-0.2, -0.15) is 26.3 Å². The number of nitrogens with zero attached hydrogens (tertiary/aromatic N) is 1. The lowest BCUT2D eigenvalue weighted by molar-refractivity contribution is -0.135. The molecule has 0 saturated carbocycles. The Morgan fingerprint density at radius 2 is 1.38 bits per heavy atom. The van der Waals surface area contributed by atoms with Crippen molar-refractivity contribution >= 4 is 5.69 Å². The third-order valence-electron chi connectivity index (χ3n) is 3.67. The second-order valence-corrected chi connectivity index (χ2v) is 5.59. The number of rotatable bonds is 9. The summed E-state index contributed by atoms with van der Waals surface area (Å²) < 4.78 is 85.9. The number of ether oxygens (including phenoxy) is 2. The first-order valence-electron chi connectivity index (χ1n) is 7.84. The summed E-state index contributed by atoms with van der Waals surface area (Å²) in [5, 5.41) is 0. The van der Waals surface area contributed by atoms with Gasteiger partial charge in [-0.15, -0.1) is 0 Å². The Labute approximate surface area is 147 Å². The largest absolute Gasteiger partial charge is 0.496 e. The van der Waals surface area contributed by atoms with Gasteiger partial charge in [0.25, 0.3) is 0 Å². The van der Waals surface area contributed by atoms with Crippen LogP contribution < -0.4 is 20.1 Å². The topological polar surface area (TPSA) is 47.7 Å². The van der Waals surface area contributed by atoms with Crippen LogP contribution in [-0.2, 0) is 6.42 Å². The molecule has 1 aromatic carbocycles. The van der Waals surface area contributed by atoms with E-state index < -0.39 is 38.3 Å². The van der Waals surface area contributed by atoms with Crippen molar-refractivity contribution in [1.82, 2.24) is 0 Å². The highest BCUT2D eigenvalue weighted by Gasteiger charge is 2.32. The van der Waals surface area contributed by atoms with Crippen LogP contribution >= 0.6 is 0 Å². The molecule has 0 fully saturated rings. The fraction of sp³-hybridized carbons (Fsp3) is 0.625. The Balaban J connectivity index is 3.23. The number of benzene rings is 1. The van der Waals surface area contributed by atoms with Crippen molar-refractivity contribution in [2.75, 3.05) is 38.8 Å². The van der Waals surface area contributed by atoms with Gasteiger partial charge >= 0.3 is 12.4 Å². The zero-order valence-corrected chi connectivity index (χ0v) is 14.5. The maximum absolute atomic E-state index is 12.6. The summed E-state index contributed by atoms with van der Waals surface area (Å²) in [7, 11) is 2.66. The molecule has 0 bridgehead atoms. The average molecular weight is 388 g/mol. The van der Waals surface area contributed by atoms with Crippen LogP contribution in [0.4, 0.5) is 32.0 Å². The van der Waals surface area contributed by atoms with Crippen molar-refractivity contribution in [3.63, 3.8) is 0 Å². The number of halogens is 6. The normalized spacial score (nSPS) is 12.2. The third-order valence-corrected chi connectivity index (χ3v) is 3.67. The van der Waals surface area contributed by atoms with Gasteiger partial charge in [0.2, 0.25) is 0 Å². The first kappa shape index (κ1) is 22.2. The predicted octanol–water partition coefficient (Wildman–Crippen LogP) is 3.92. The molecule has 26 heavy (non-hydrogen) atoms. The van der Waals surface area contributed by atoms with Gasteiger partial charge in [0.1, 0.15) is 11.5 Å². The summed E-state index contributed by atoms with van der Waals surface area (Å²) in [6, 6.07) is 2.91. The maximum Gasteiger partial charge on any atom is 0.390 e. The second-order valence-electron chi connectivity index (χ2n) is 5.59. The van der Waals surface area contributed by atoms with E-state index in [0.717, 1.165) is 4.90 Å². The summed E-state index contributed by atoms with van der Waals surface area (Å²) in [6.07, 6.45) is -11.1. The molecule has 0 amide bonds. The first-order valence-corrected chi connectivity index (χ1v) is 7.84. The number of alkyl halides is 6. The minimum atomic E-state index is -4.49. The second kappa shape index (κ2) is 9.20. The van der Waals surface area contributed by atoms with Crippen molar-refractivity contribution in [1.29, 1.82) is 0 Å². The zero-order valence-electron chi connectivity index (χ0n) is 14.5. The molecule has 0 atom stereocenters. The third kappa shape index (κ3) is 7.19. The lowest BCUT2D eigenvalue weighted by Gasteiger charge is -2.28. The van der Waals surface area contributed by atoms with Gasteiger partial charge in [-0.1, -0.05) is 0 Å². The van der Waals surface area contributed by atoms with Crippen molar-refractivity contribution in [2.45, 2.75) is 31.6 Å². The van der Waals surface area contributed by atoms with E-state index in [1.165, 1.54) is 26.4 Å². The number of methoxy groups -OCH3 is 2. The van der Waals surface area contributed by atoms with E-state index >= 15 is 0 Å². The lowest BCUT2D eigenvalue weighted by Crippen LogP contribution is -2.32. The molecule has 150 valence electrons. The maximum atomic E-state index is 12.6. The van der Waals surface area contributed by atoms with Gasteiger partial charge < -0.3 is 20.1 Å². The molecule has 0 aliphatic carbocycles. The highest BCUT2D eigenvalue weighted by atomic mass is 19.4. The van der Waals surface area contributed by atoms with E-state index in [0.29, 0.717) is 24.3 Å². The minimum absolute atomic E-state index is 0.110.